The van der Waals surface area contributed by atoms with Crippen LogP contribution in [0.15, 0.2) is 65.7 Å². The average molecular weight is 613 g/mol. The van der Waals surface area contributed by atoms with Crippen molar-refractivity contribution < 1.29 is 31.9 Å². The molecule has 10 nitrogen and oxygen atoms in total. The third kappa shape index (κ3) is 6.90. The lowest BCUT2D eigenvalue weighted by Crippen LogP contribution is -2.45. The fourth-order valence-corrected chi connectivity index (χ4v) is 6.40. The molecule has 3 aromatic rings. The van der Waals surface area contributed by atoms with Crippen molar-refractivity contribution in [2.75, 3.05) is 27.7 Å². The zero-order valence-corrected chi connectivity index (χ0v) is 26.0. The first-order valence-electron chi connectivity index (χ1n) is 13.9. The highest BCUT2D eigenvalue weighted by Crippen LogP contribution is 2.30. The molecule has 43 heavy (non-hydrogen) atoms. The number of likely N-dealkylation sites (tertiary alicyclic amines) is 1. The van der Waals surface area contributed by atoms with Gasteiger partial charge in [-0.05, 0) is 75.6 Å². The van der Waals surface area contributed by atoms with Crippen molar-refractivity contribution in [1.29, 1.82) is 0 Å². The zero-order valence-electron chi connectivity index (χ0n) is 25.2. The summed E-state index contributed by atoms with van der Waals surface area (Å²) in [6.45, 7) is 5.58. The number of amides is 3. The lowest BCUT2D eigenvalue weighted by atomic mass is 10.1. The van der Waals surface area contributed by atoms with Crippen molar-refractivity contribution in [1.82, 2.24) is 18.7 Å². The van der Waals surface area contributed by atoms with Crippen LogP contribution in [0.4, 0.5) is 9.18 Å². The van der Waals surface area contributed by atoms with E-state index in [0.29, 0.717) is 24.9 Å². The van der Waals surface area contributed by atoms with Crippen LogP contribution < -0.4 is 0 Å². The zero-order chi connectivity index (χ0) is 31.7. The van der Waals surface area contributed by atoms with Crippen LogP contribution in [0, 0.1) is 5.82 Å². The van der Waals surface area contributed by atoms with Crippen LogP contribution in [-0.4, -0.2) is 84.3 Å². The molecule has 0 radical (unpaired) electrons. The maximum atomic E-state index is 15.0. The van der Waals surface area contributed by atoms with Gasteiger partial charge in [0, 0.05) is 45.0 Å². The van der Waals surface area contributed by atoms with Crippen LogP contribution in [0.25, 0.3) is 11.3 Å². The van der Waals surface area contributed by atoms with Gasteiger partial charge in [0.2, 0.25) is 5.91 Å². The summed E-state index contributed by atoms with van der Waals surface area (Å²) in [5.74, 6) is -1.27. The van der Waals surface area contributed by atoms with Crippen LogP contribution >= 0.6 is 0 Å². The maximum Gasteiger partial charge on any atom is 0.410 e. The highest BCUT2D eigenvalue weighted by atomic mass is 32.2. The summed E-state index contributed by atoms with van der Waals surface area (Å²) in [6.07, 6.45) is 1.91. The molecule has 230 valence electrons. The van der Waals surface area contributed by atoms with Crippen LogP contribution in [0.5, 0.6) is 0 Å². The lowest BCUT2D eigenvalue weighted by Gasteiger charge is -2.26. The Bertz CT molecular complexity index is 1640. The molecule has 0 N–H and O–H groups in total. The normalized spacial score (nSPS) is 15.3. The Kier molecular flexibility index (Phi) is 9.00. The molecule has 0 bridgehead atoms. The summed E-state index contributed by atoms with van der Waals surface area (Å²) >= 11 is 0. The van der Waals surface area contributed by atoms with E-state index < -0.39 is 39.5 Å². The second kappa shape index (κ2) is 12.2. The van der Waals surface area contributed by atoms with Gasteiger partial charge in [-0.2, -0.15) is 0 Å². The van der Waals surface area contributed by atoms with Gasteiger partial charge in [0.1, 0.15) is 17.5 Å². The molecule has 0 unspecified atom stereocenters. The second-order valence-electron chi connectivity index (χ2n) is 11.8. The number of halogens is 1. The topological polar surface area (TPSA) is 109 Å². The quantitative estimate of drug-likeness (QED) is 0.386. The van der Waals surface area contributed by atoms with Gasteiger partial charge in [-0.3, -0.25) is 9.59 Å². The summed E-state index contributed by atoms with van der Waals surface area (Å²) < 4.78 is 49.5. The van der Waals surface area contributed by atoms with Crippen LogP contribution in [0.1, 0.15) is 49.5 Å². The number of likely N-dealkylation sites (N-methyl/N-ethyl adjacent to an activating group) is 1. The standard InChI is InChI=1S/C31H37FN4O6S/c1-31(2,3)42-30(39)34(6)19-21-17-27(24-13-7-8-14-25(24)32)36(20-21)43(40,41)23-12-9-11-22(18-23)28(37)35-16-10-15-26(35)29(38)33(4)5/h7-9,11-14,17-18,20,26H,10,15-16,19H2,1-6H3/t26-/m0/s1. The Labute approximate surface area is 251 Å². The highest BCUT2D eigenvalue weighted by molar-refractivity contribution is 7.90. The number of carbonyl (C=O) groups excluding carboxylic acids is 3. The molecular weight excluding hydrogens is 575 g/mol. The number of ether oxygens (including phenoxy) is 1. The number of nitrogens with zero attached hydrogens (tertiary/aromatic N) is 4. The Hall–Kier alpha value is -4.19. The maximum absolute atomic E-state index is 15.0. The van der Waals surface area contributed by atoms with E-state index in [1.54, 1.807) is 40.9 Å². The number of hydrogen-bond acceptors (Lipinski definition) is 6. The molecule has 2 heterocycles. The molecule has 2 aromatic carbocycles. The van der Waals surface area contributed by atoms with Crippen molar-refractivity contribution in [3.05, 3.63) is 77.7 Å². The Morgan fingerprint density at radius 2 is 1.72 bits per heavy atom. The summed E-state index contributed by atoms with van der Waals surface area (Å²) in [4.78, 5) is 42.7. The minimum atomic E-state index is -4.35. The lowest BCUT2D eigenvalue weighted by molar-refractivity contribution is -0.132. The predicted octanol–water partition coefficient (Wildman–Crippen LogP) is 4.59. The van der Waals surface area contributed by atoms with Crippen molar-refractivity contribution in [2.24, 2.45) is 0 Å². The molecule has 1 atom stereocenters. The number of carbonyl (C=O) groups is 3. The first-order chi connectivity index (χ1) is 20.1. The molecular formula is C31H37FN4O6S. The molecule has 1 saturated heterocycles. The van der Waals surface area contributed by atoms with Crippen molar-refractivity contribution in [2.45, 2.75) is 56.7 Å². The van der Waals surface area contributed by atoms with E-state index in [2.05, 4.69) is 0 Å². The molecule has 4 rings (SSSR count). The molecule has 1 aromatic heterocycles. The molecule has 1 aliphatic rings. The van der Waals surface area contributed by atoms with Gasteiger partial charge >= 0.3 is 6.09 Å². The Morgan fingerprint density at radius 3 is 2.37 bits per heavy atom. The van der Waals surface area contributed by atoms with Gasteiger partial charge in [0.25, 0.3) is 15.9 Å². The van der Waals surface area contributed by atoms with Crippen LogP contribution in [0.2, 0.25) is 0 Å². The monoisotopic (exact) mass is 612 g/mol. The van der Waals surface area contributed by atoms with E-state index in [1.165, 1.54) is 76.5 Å². The first kappa shape index (κ1) is 31.7. The third-order valence-corrected chi connectivity index (χ3v) is 8.66. The molecule has 0 saturated carbocycles. The highest BCUT2D eigenvalue weighted by Gasteiger charge is 2.36. The summed E-state index contributed by atoms with van der Waals surface area (Å²) in [6, 6.07) is 12.3. The smallest absolute Gasteiger partial charge is 0.410 e. The third-order valence-electron chi connectivity index (χ3n) is 6.99. The number of aromatic nitrogens is 1. The van der Waals surface area contributed by atoms with Crippen LogP contribution in [-0.2, 0) is 26.1 Å². The van der Waals surface area contributed by atoms with E-state index in [4.69, 9.17) is 4.74 Å². The first-order valence-corrected chi connectivity index (χ1v) is 15.3. The van der Waals surface area contributed by atoms with Gasteiger partial charge in [0.15, 0.2) is 0 Å². The van der Waals surface area contributed by atoms with E-state index >= 15 is 0 Å². The second-order valence-corrected chi connectivity index (χ2v) is 13.6. The number of benzene rings is 2. The Balaban J connectivity index is 1.73. The largest absolute Gasteiger partial charge is 0.444 e. The molecule has 1 fully saturated rings. The Morgan fingerprint density at radius 1 is 1.02 bits per heavy atom. The number of rotatable bonds is 7. The van der Waals surface area contributed by atoms with Gasteiger partial charge in [-0.25, -0.2) is 21.6 Å². The fraction of sp³-hybridized carbons (Fsp3) is 0.387. The molecule has 12 heteroatoms. The van der Waals surface area contributed by atoms with E-state index in [0.717, 1.165) is 3.97 Å². The van der Waals surface area contributed by atoms with Gasteiger partial charge in [0.05, 0.1) is 17.1 Å². The van der Waals surface area contributed by atoms with Crippen LogP contribution in [0.3, 0.4) is 0 Å². The van der Waals surface area contributed by atoms with E-state index in [-0.39, 0.29) is 34.2 Å². The van der Waals surface area contributed by atoms with Crippen molar-refractivity contribution >= 4 is 27.9 Å². The van der Waals surface area contributed by atoms with Crippen molar-refractivity contribution in [3.8, 4) is 11.3 Å². The van der Waals surface area contributed by atoms with Crippen molar-refractivity contribution in [3.63, 3.8) is 0 Å². The fourth-order valence-electron chi connectivity index (χ4n) is 4.96. The summed E-state index contributed by atoms with van der Waals surface area (Å²) in [5, 5.41) is 0. The average Bonchev–Trinajstić information content (AvgIpc) is 3.59. The minimum Gasteiger partial charge on any atom is -0.444 e. The summed E-state index contributed by atoms with van der Waals surface area (Å²) in [7, 11) is 0.417. The SMILES string of the molecule is CN(C)C(=O)[C@@H]1CCCN1C(=O)c1cccc(S(=O)(=O)n2cc(CN(C)C(=O)OC(C)(C)C)cc2-c2ccccc2F)c1. The molecule has 0 aliphatic carbocycles. The molecule has 1 aliphatic heterocycles. The van der Waals surface area contributed by atoms with E-state index in [9.17, 15) is 27.2 Å². The minimum absolute atomic E-state index is 0.00629. The van der Waals surface area contributed by atoms with Gasteiger partial charge < -0.3 is 19.4 Å². The molecule has 3 amide bonds. The predicted molar refractivity (Wildman–Crippen MR) is 159 cm³/mol. The summed E-state index contributed by atoms with van der Waals surface area (Å²) in [5.41, 5.74) is -0.0883. The van der Waals surface area contributed by atoms with E-state index in [1.807, 2.05) is 0 Å². The van der Waals surface area contributed by atoms with Gasteiger partial charge in [-0.1, -0.05) is 18.2 Å². The molecule has 0 spiro atoms. The number of hydrogen-bond donors (Lipinski definition) is 0. The van der Waals surface area contributed by atoms with Gasteiger partial charge in [-0.15, -0.1) is 0 Å².